The molecule has 1 aliphatic rings. The Kier molecular flexibility index (Phi) is 5.90. The molecule has 0 saturated carbocycles. The van der Waals surface area contributed by atoms with E-state index in [1.54, 1.807) is 18.3 Å². The van der Waals surface area contributed by atoms with Crippen molar-refractivity contribution in [3.8, 4) is 0 Å². The van der Waals surface area contributed by atoms with Crippen LogP contribution in [0.4, 0.5) is 0 Å². The van der Waals surface area contributed by atoms with Gasteiger partial charge in [-0.15, -0.1) is 0 Å². The van der Waals surface area contributed by atoms with E-state index in [2.05, 4.69) is 22.1 Å². The Bertz CT molecular complexity index is 524. The van der Waals surface area contributed by atoms with Crippen LogP contribution in [0, 0.1) is 10.6 Å². The number of piperidine rings is 1. The van der Waals surface area contributed by atoms with Crippen molar-refractivity contribution >= 4 is 18.1 Å². The lowest BCUT2D eigenvalue weighted by Gasteiger charge is -2.31. The summed E-state index contributed by atoms with van der Waals surface area (Å²) in [6.07, 6.45) is 3.49. The fraction of sp³-hybridized carbons (Fsp3) is 0.600. The number of H-pyrrole nitrogens is 1. The summed E-state index contributed by atoms with van der Waals surface area (Å²) in [5.41, 5.74) is 0.437. The molecule has 0 aromatic carbocycles. The number of rotatable bonds is 5. The first-order chi connectivity index (χ1) is 10.1. The Morgan fingerprint density at radius 1 is 1.57 bits per heavy atom. The molecule has 1 unspecified atom stereocenters. The molecule has 116 valence electrons. The van der Waals surface area contributed by atoms with Gasteiger partial charge in [-0.2, -0.15) is 0 Å². The third kappa shape index (κ3) is 4.91. The molecule has 2 heterocycles. The first-order valence-electron chi connectivity index (χ1n) is 7.42. The van der Waals surface area contributed by atoms with Crippen LogP contribution in [0.15, 0.2) is 18.3 Å². The van der Waals surface area contributed by atoms with Gasteiger partial charge in [0.2, 0.25) is 0 Å². The number of nitrogens with one attached hydrogen (secondary N) is 2. The Labute approximate surface area is 130 Å². The molecule has 1 atom stereocenters. The number of carbonyl (C=O) groups is 1. The molecule has 2 rings (SSSR count). The van der Waals surface area contributed by atoms with Gasteiger partial charge in [0.05, 0.1) is 11.7 Å². The number of amides is 1. The van der Waals surface area contributed by atoms with Crippen LogP contribution < -0.4 is 5.32 Å². The highest BCUT2D eigenvalue weighted by atomic mass is 32.1. The number of aliphatic hydroxyl groups is 1. The summed E-state index contributed by atoms with van der Waals surface area (Å²) in [5, 5.41) is 12.8. The smallest absolute Gasteiger partial charge is 0.254 e. The van der Waals surface area contributed by atoms with E-state index in [1.807, 2.05) is 0 Å². The average Bonchev–Trinajstić information content (AvgIpc) is 2.48. The topological polar surface area (TPSA) is 68.4 Å². The van der Waals surface area contributed by atoms with Crippen molar-refractivity contribution < 1.29 is 9.90 Å². The number of hydrogen-bond donors (Lipinski definition) is 3. The van der Waals surface area contributed by atoms with E-state index >= 15 is 0 Å². The Balaban J connectivity index is 1.76. The zero-order valence-electron chi connectivity index (χ0n) is 12.3. The van der Waals surface area contributed by atoms with Gasteiger partial charge in [0.15, 0.2) is 0 Å². The van der Waals surface area contributed by atoms with Gasteiger partial charge in [0.25, 0.3) is 5.91 Å². The predicted molar refractivity (Wildman–Crippen MR) is 84.8 cm³/mol. The first-order valence-corrected chi connectivity index (χ1v) is 7.83. The lowest BCUT2D eigenvalue weighted by atomic mass is 9.99. The van der Waals surface area contributed by atoms with Gasteiger partial charge >= 0.3 is 0 Å². The van der Waals surface area contributed by atoms with E-state index in [0.717, 1.165) is 19.0 Å². The van der Waals surface area contributed by atoms with E-state index in [1.165, 1.54) is 12.8 Å². The number of carbonyl (C=O) groups excluding carboxylic acids is 1. The molecule has 1 aliphatic heterocycles. The summed E-state index contributed by atoms with van der Waals surface area (Å²) >= 11 is 5.06. The van der Waals surface area contributed by atoms with Gasteiger partial charge in [-0.05, 0) is 44.0 Å². The van der Waals surface area contributed by atoms with Gasteiger partial charge in [-0.3, -0.25) is 4.79 Å². The Morgan fingerprint density at radius 3 is 2.95 bits per heavy atom. The van der Waals surface area contributed by atoms with Crippen LogP contribution in [-0.2, 0) is 0 Å². The number of β-amino-alcohol motifs (C(OH)–C–C–N with tert-alkyl or cyclic N) is 1. The average molecular weight is 309 g/mol. The highest BCUT2D eigenvalue weighted by Crippen LogP contribution is 2.15. The predicted octanol–water partition coefficient (Wildman–Crippen LogP) is 1.57. The highest BCUT2D eigenvalue weighted by molar-refractivity contribution is 7.71. The SMILES string of the molecule is CC1CCN(CC(O)CNC(=O)c2ccc[nH]c2=S)CC1. The molecule has 0 spiro atoms. The Hall–Kier alpha value is -1.24. The number of aromatic nitrogens is 1. The highest BCUT2D eigenvalue weighted by Gasteiger charge is 2.18. The second-order valence-corrected chi connectivity index (χ2v) is 6.17. The fourth-order valence-electron chi connectivity index (χ4n) is 2.51. The summed E-state index contributed by atoms with van der Waals surface area (Å²) in [6, 6.07) is 3.41. The molecular weight excluding hydrogens is 286 g/mol. The molecule has 1 amide bonds. The monoisotopic (exact) mass is 309 g/mol. The lowest BCUT2D eigenvalue weighted by Crippen LogP contribution is -2.43. The fourth-order valence-corrected chi connectivity index (χ4v) is 2.74. The molecule has 1 fully saturated rings. The van der Waals surface area contributed by atoms with E-state index in [-0.39, 0.29) is 12.5 Å². The second kappa shape index (κ2) is 7.68. The number of pyridine rings is 1. The van der Waals surface area contributed by atoms with Crippen molar-refractivity contribution in [3.05, 3.63) is 28.5 Å². The summed E-state index contributed by atoms with van der Waals surface area (Å²) < 4.78 is 0.412. The third-order valence-corrected chi connectivity index (χ3v) is 4.24. The minimum atomic E-state index is -0.552. The molecule has 0 bridgehead atoms. The standard InChI is InChI=1S/C15H23N3O2S/c1-11-4-7-18(8-5-11)10-12(19)9-17-14(20)13-3-2-6-16-15(13)21/h2-3,6,11-12,19H,4-5,7-10H2,1H3,(H,16,21)(H,17,20). The molecular formula is C15H23N3O2S. The van der Waals surface area contributed by atoms with E-state index in [9.17, 15) is 9.90 Å². The van der Waals surface area contributed by atoms with E-state index in [4.69, 9.17) is 12.2 Å². The molecule has 0 radical (unpaired) electrons. The maximum atomic E-state index is 12.0. The number of hydrogen-bond acceptors (Lipinski definition) is 4. The van der Waals surface area contributed by atoms with Crippen LogP contribution in [0.2, 0.25) is 0 Å². The third-order valence-electron chi connectivity index (χ3n) is 3.91. The van der Waals surface area contributed by atoms with Gasteiger partial charge in [-0.1, -0.05) is 19.1 Å². The molecule has 21 heavy (non-hydrogen) atoms. The molecule has 1 aromatic rings. The van der Waals surface area contributed by atoms with Crippen LogP contribution in [0.5, 0.6) is 0 Å². The second-order valence-electron chi connectivity index (χ2n) is 5.76. The zero-order valence-corrected chi connectivity index (χ0v) is 13.2. The number of aromatic amines is 1. The summed E-state index contributed by atoms with van der Waals surface area (Å²) in [5.74, 6) is 0.529. The zero-order chi connectivity index (χ0) is 15.2. The van der Waals surface area contributed by atoms with Crippen LogP contribution >= 0.6 is 12.2 Å². The molecule has 3 N–H and O–H groups in total. The van der Waals surface area contributed by atoms with E-state index < -0.39 is 6.10 Å². The van der Waals surface area contributed by atoms with Crippen LogP contribution in [0.25, 0.3) is 0 Å². The van der Waals surface area contributed by atoms with Crippen LogP contribution in [0.1, 0.15) is 30.1 Å². The summed E-state index contributed by atoms with van der Waals surface area (Å²) in [6.45, 7) is 5.16. The molecule has 0 aliphatic carbocycles. The number of likely N-dealkylation sites (tertiary alicyclic amines) is 1. The van der Waals surface area contributed by atoms with Gasteiger partial charge in [0.1, 0.15) is 4.64 Å². The van der Waals surface area contributed by atoms with Crippen molar-refractivity contribution in [2.24, 2.45) is 5.92 Å². The van der Waals surface area contributed by atoms with Crippen molar-refractivity contribution in [2.45, 2.75) is 25.9 Å². The van der Waals surface area contributed by atoms with Crippen molar-refractivity contribution in [2.75, 3.05) is 26.2 Å². The normalized spacial score (nSPS) is 18.4. The number of aliphatic hydroxyl groups excluding tert-OH is 1. The molecule has 5 nitrogen and oxygen atoms in total. The lowest BCUT2D eigenvalue weighted by molar-refractivity contribution is 0.0795. The maximum absolute atomic E-state index is 12.0. The number of nitrogens with zero attached hydrogens (tertiary/aromatic N) is 1. The molecule has 6 heteroatoms. The van der Waals surface area contributed by atoms with Crippen molar-refractivity contribution in [1.82, 2.24) is 15.2 Å². The van der Waals surface area contributed by atoms with Crippen LogP contribution in [-0.4, -0.2) is 53.2 Å². The van der Waals surface area contributed by atoms with E-state index in [0.29, 0.717) is 16.7 Å². The first kappa shape index (κ1) is 16.1. The molecule has 1 aromatic heterocycles. The maximum Gasteiger partial charge on any atom is 0.254 e. The van der Waals surface area contributed by atoms with Crippen molar-refractivity contribution in [3.63, 3.8) is 0 Å². The minimum Gasteiger partial charge on any atom is -0.390 e. The minimum absolute atomic E-state index is 0.245. The van der Waals surface area contributed by atoms with Crippen molar-refractivity contribution in [1.29, 1.82) is 0 Å². The quantitative estimate of drug-likeness (QED) is 0.722. The van der Waals surface area contributed by atoms with Gasteiger partial charge < -0.3 is 20.3 Å². The molecule has 1 saturated heterocycles. The summed E-state index contributed by atoms with van der Waals surface area (Å²) in [4.78, 5) is 17.1. The largest absolute Gasteiger partial charge is 0.390 e. The Morgan fingerprint density at radius 2 is 2.29 bits per heavy atom. The van der Waals surface area contributed by atoms with Gasteiger partial charge in [0, 0.05) is 19.3 Å². The van der Waals surface area contributed by atoms with Gasteiger partial charge in [-0.25, -0.2) is 0 Å². The van der Waals surface area contributed by atoms with Crippen LogP contribution in [0.3, 0.4) is 0 Å². The summed E-state index contributed by atoms with van der Waals surface area (Å²) in [7, 11) is 0.